The fourth-order valence-electron chi connectivity index (χ4n) is 2.35. The van der Waals surface area contributed by atoms with E-state index in [0.717, 1.165) is 32.0 Å². The Bertz CT molecular complexity index is 419. The minimum Gasteiger partial charge on any atom is -0.465 e. The Morgan fingerprint density at radius 1 is 1.53 bits per heavy atom. The molecule has 1 aliphatic rings. The van der Waals surface area contributed by atoms with Gasteiger partial charge in [0.25, 0.3) is 0 Å². The van der Waals surface area contributed by atoms with Crippen LogP contribution in [0.5, 0.6) is 0 Å². The van der Waals surface area contributed by atoms with Gasteiger partial charge in [0.05, 0.1) is 13.2 Å². The van der Waals surface area contributed by atoms with Crippen molar-refractivity contribution in [2.24, 2.45) is 0 Å². The number of carbonyl (C=O) groups is 1. The van der Waals surface area contributed by atoms with Crippen molar-refractivity contribution in [1.29, 1.82) is 0 Å². The van der Waals surface area contributed by atoms with Crippen LogP contribution in [-0.4, -0.2) is 52.7 Å². The number of ether oxygens (including phenoxy) is 1. The molecular formula is C13H22N4O2. The quantitative estimate of drug-likeness (QED) is 0.747. The average molecular weight is 266 g/mol. The zero-order valence-electron chi connectivity index (χ0n) is 11.6. The number of rotatable bonds is 6. The lowest BCUT2D eigenvalue weighted by molar-refractivity contribution is -0.146. The first-order valence-electron chi connectivity index (χ1n) is 6.87. The van der Waals surface area contributed by atoms with E-state index >= 15 is 0 Å². The summed E-state index contributed by atoms with van der Waals surface area (Å²) in [7, 11) is 0. The summed E-state index contributed by atoms with van der Waals surface area (Å²) in [6.07, 6.45) is 3.83. The van der Waals surface area contributed by atoms with Crippen LogP contribution in [0.3, 0.4) is 0 Å². The first-order valence-corrected chi connectivity index (χ1v) is 6.87. The molecule has 2 rings (SSSR count). The number of nitrogens with zero attached hydrogens (tertiary/aromatic N) is 3. The second-order valence-electron chi connectivity index (χ2n) is 4.63. The Labute approximate surface area is 113 Å². The van der Waals surface area contributed by atoms with Crippen LogP contribution in [0.25, 0.3) is 0 Å². The third-order valence-corrected chi connectivity index (χ3v) is 3.29. The van der Waals surface area contributed by atoms with Crippen molar-refractivity contribution < 1.29 is 9.53 Å². The van der Waals surface area contributed by atoms with Crippen LogP contribution in [0.4, 0.5) is 0 Å². The third kappa shape index (κ3) is 3.54. The molecule has 0 fully saturated rings. The molecule has 0 aromatic carbocycles. The highest BCUT2D eigenvalue weighted by Crippen LogP contribution is 2.10. The predicted octanol–water partition coefficient (Wildman–Crippen LogP) is 0.240. The minimum atomic E-state index is -0.258. The van der Waals surface area contributed by atoms with E-state index in [1.54, 1.807) is 0 Å². The van der Waals surface area contributed by atoms with E-state index in [4.69, 9.17) is 4.74 Å². The van der Waals surface area contributed by atoms with E-state index in [-0.39, 0.29) is 12.0 Å². The summed E-state index contributed by atoms with van der Waals surface area (Å²) in [4.78, 5) is 18.4. The molecule has 0 amide bonds. The SMILES string of the molecule is CCNC(CN1CCn2ccnc2C1)C(=O)OCC. The lowest BCUT2D eigenvalue weighted by Gasteiger charge is -2.30. The second-order valence-corrected chi connectivity index (χ2v) is 4.63. The zero-order valence-corrected chi connectivity index (χ0v) is 11.6. The number of likely N-dealkylation sites (N-methyl/N-ethyl adjacent to an activating group) is 1. The van der Waals surface area contributed by atoms with Crippen LogP contribution in [0.1, 0.15) is 19.7 Å². The number of hydrogen-bond acceptors (Lipinski definition) is 5. The van der Waals surface area contributed by atoms with Gasteiger partial charge in [-0.2, -0.15) is 0 Å². The lowest BCUT2D eigenvalue weighted by Crippen LogP contribution is -2.48. The summed E-state index contributed by atoms with van der Waals surface area (Å²) in [6, 6.07) is -0.258. The van der Waals surface area contributed by atoms with Crippen LogP contribution < -0.4 is 5.32 Å². The topological polar surface area (TPSA) is 59.4 Å². The van der Waals surface area contributed by atoms with Crippen molar-refractivity contribution in [3.63, 3.8) is 0 Å². The van der Waals surface area contributed by atoms with Gasteiger partial charge in [0.15, 0.2) is 0 Å². The molecule has 6 heteroatoms. The number of carbonyl (C=O) groups excluding carboxylic acids is 1. The lowest BCUT2D eigenvalue weighted by atomic mass is 10.2. The molecule has 0 spiro atoms. The molecule has 0 radical (unpaired) electrons. The molecule has 0 bridgehead atoms. The Morgan fingerprint density at radius 3 is 3.11 bits per heavy atom. The van der Waals surface area contributed by atoms with Gasteiger partial charge in [-0.3, -0.25) is 9.69 Å². The Balaban J connectivity index is 1.93. The summed E-state index contributed by atoms with van der Waals surface area (Å²) >= 11 is 0. The van der Waals surface area contributed by atoms with Gasteiger partial charge in [-0.05, 0) is 13.5 Å². The van der Waals surface area contributed by atoms with Crippen molar-refractivity contribution in [3.05, 3.63) is 18.2 Å². The van der Waals surface area contributed by atoms with E-state index in [0.29, 0.717) is 13.2 Å². The van der Waals surface area contributed by atoms with Crippen molar-refractivity contribution in [1.82, 2.24) is 19.8 Å². The zero-order chi connectivity index (χ0) is 13.7. The smallest absolute Gasteiger partial charge is 0.324 e. The largest absolute Gasteiger partial charge is 0.465 e. The molecule has 0 saturated carbocycles. The molecule has 0 aliphatic carbocycles. The first-order chi connectivity index (χ1) is 9.24. The van der Waals surface area contributed by atoms with Gasteiger partial charge in [-0.15, -0.1) is 0 Å². The molecule has 2 heterocycles. The summed E-state index contributed by atoms with van der Waals surface area (Å²) in [6.45, 7) is 8.32. The van der Waals surface area contributed by atoms with Crippen LogP contribution in [-0.2, 0) is 22.6 Å². The number of aromatic nitrogens is 2. The van der Waals surface area contributed by atoms with E-state index in [1.165, 1.54) is 0 Å². The highest BCUT2D eigenvalue weighted by atomic mass is 16.5. The molecule has 1 aliphatic heterocycles. The molecule has 19 heavy (non-hydrogen) atoms. The number of esters is 1. The van der Waals surface area contributed by atoms with Gasteiger partial charge in [0, 0.05) is 32.0 Å². The highest BCUT2D eigenvalue weighted by molar-refractivity contribution is 5.76. The molecule has 1 aromatic rings. The van der Waals surface area contributed by atoms with Gasteiger partial charge in [-0.25, -0.2) is 4.98 Å². The molecule has 1 unspecified atom stereocenters. The average Bonchev–Trinajstić information content (AvgIpc) is 2.86. The predicted molar refractivity (Wildman–Crippen MR) is 71.6 cm³/mol. The highest BCUT2D eigenvalue weighted by Gasteiger charge is 2.24. The second kappa shape index (κ2) is 6.68. The Hall–Kier alpha value is -1.40. The number of nitrogens with one attached hydrogen (secondary N) is 1. The van der Waals surface area contributed by atoms with Gasteiger partial charge < -0.3 is 14.6 Å². The van der Waals surface area contributed by atoms with Gasteiger partial charge in [0.2, 0.25) is 0 Å². The molecule has 106 valence electrons. The Morgan fingerprint density at radius 2 is 2.37 bits per heavy atom. The molecule has 6 nitrogen and oxygen atoms in total. The van der Waals surface area contributed by atoms with Crippen LogP contribution in [0.15, 0.2) is 12.4 Å². The fraction of sp³-hybridized carbons (Fsp3) is 0.692. The molecule has 1 aromatic heterocycles. The van der Waals surface area contributed by atoms with E-state index in [1.807, 2.05) is 26.2 Å². The van der Waals surface area contributed by atoms with E-state index in [2.05, 4.69) is 19.8 Å². The molecule has 1 atom stereocenters. The van der Waals surface area contributed by atoms with Crippen molar-refractivity contribution in [3.8, 4) is 0 Å². The Kier molecular flexibility index (Phi) is 4.93. The first kappa shape index (κ1) is 14.0. The maximum atomic E-state index is 11.9. The number of fused-ring (bicyclic) bond motifs is 1. The van der Waals surface area contributed by atoms with Gasteiger partial charge >= 0.3 is 5.97 Å². The van der Waals surface area contributed by atoms with Crippen molar-refractivity contribution in [2.75, 3.05) is 26.2 Å². The number of imidazole rings is 1. The third-order valence-electron chi connectivity index (χ3n) is 3.29. The maximum Gasteiger partial charge on any atom is 0.324 e. The molecular weight excluding hydrogens is 244 g/mol. The van der Waals surface area contributed by atoms with Crippen molar-refractivity contribution >= 4 is 5.97 Å². The van der Waals surface area contributed by atoms with Gasteiger partial charge in [-0.1, -0.05) is 6.92 Å². The van der Waals surface area contributed by atoms with Gasteiger partial charge in [0.1, 0.15) is 11.9 Å². The normalized spacial score (nSPS) is 16.9. The summed E-state index contributed by atoms with van der Waals surface area (Å²) < 4.78 is 7.26. The number of hydrogen-bond donors (Lipinski definition) is 1. The molecule has 1 N–H and O–H groups in total. The van der Waals surface area contributed by atoms with Crippen LogP contribution in [0.2, 0.25) is 0 Å². The van der Waals surface area contributed by atoms with E-state index in [9.17, 15) is 4.79 Å². The monoisotopic (exact) mass is 266 g/mol. The van der Waals surface area contributed by atoms with E-state index < -0.39 is 0 Å². The van der Waals surface area contributed by atoms with Crippen LogP contribution >= 0.6 is 0 Å². The summed E-state index contributed by atoms with van der Waals surface area (Å²) in [5.41, 5.74) is 0. The molecule has 0 saturated heterocycles. The minimum absolute atomic E-state index is 0.168. The maximum absolute atomic E-state index is 11.9. The van der Waals surface area contributed by atoms with Crippen LogP contribution in [0, 0.1) is 0 Å². The van der Waals surface area contributed by atoms with Crippen molar-refractivity contribution in [2.45, 2.75) is 33.0 Å². The fourth-order valence-corrected chi connectivity index (χ4v) is 2.35. The summed E-state index contributed by atoms with van der Waals surface area (Å²) in [5.74, 6) is 0.892. The standard InChI is InChI=1S/C13H22N4O2/c1-3-14-11(13(18)19-4-2)9-16-7-8-17-6-5-15-12(17)10-16/h5-6,11,14H,3-4,7-10H2,1-2H3. The summed E-state index contributed by atoms with van der Waals surface area (Å²) in [5, 5.41) is 3.19.